The van der Waals surface area contributed by atoms with Crippen LogP contribution in [0.3, 0.4) is 0 Å². The first-order chi connectivity index (χ1) is 8.17. The van der Waals surface area contributed by atoms with Gasteiger partial charge in [-0.3, -0.25) is 4.79 Å². The molecular weight excluding hydrogens is 218 g/mol. The summed E-state index contributed by atoms with van der Waals surface area (Å²) >= 11 is 0. The lowest BCUT2D eigenvalue weighted by Gasteiger charge is -2.12. The molecule has 0 spiro atoms. The molecule has 0 unspecified atom stereocenters. The van der Waals surface area contributed by atoms with Gasteiger partial charge in [0, 0.05) is 6.08 Å². The Morgan fingerprint density at radius 2 is 2.06 bits per heavy atom. The van der Waals surface area contributed by atoms with E-state index < -0.39 is 0 Å². The largest absolute Gasteiger partial charge is 0.462 e. The summed E-state index contributed by atoms with van der Waals surface area (Å²) in [7, 11) is 0. The van der Waals surface area contributed by atoms with E-state index in [1.54, 1.807) is 19.1 Å². The summed E-state index contributed by atoms with van der Waals surface area (Å²) in [4.78, 5) is 12.7. The molecule has 0 N–H and O–H groups in total. The van der Waals surface area contributed by atoms with Crippen molar-refractivity contribution >= 4 is 12.0 Å². The highest BCUT2D eigenvalue weighted by Gasteiger charge is 2.09. The molecule has 1 amide bonds. The second-order valence-electron chi connectivity index (χ2n) is 3.29. The van der Waals surface area contributed by atoms with Crippen molar-refractivity contribution in [3.63, 3.8) is 0 Å². The quantitative estimate of drug-likeness (QED) is 0.578. The van der Waals surface area contributed by atoms with Crippen molar-refractivity contribution in [1.82, 2.24) is 4.90 Å². The SMILES string of the molecule is Cc1ccc(/C=C/C(=O)N(CC#N)CC#N)o1. The molecule has 0 saturated carbocycles. The maximum absolute atomic E-state index is 11.6. The van der Waals surface area contributed by atoms with Gasteiger partial charge in [-0.2, -0.15) is 10.5 Å². The fourth-order valence-corrected chi connectivity index (χ4v) is 1.18. The van der Waals surface area contributed by atoms with E-state index >= 15 is 0 Å². The number of hydrogen-bond acceptors (Lipinski definition) is 4. The molecule has 0 saturated heterocycles. The molecule has 0 fully saturated rings. The van der Waals surface area contributed by atoms with Gasteiger partial charge in [-0.1, -0.05) is 0 Å². The average molecular weight is 229 g/mol. The van der Waals surface area contributed by atoms with Gasteiger partial charge in [0.2, 0.25) is 5.91 Å². The molecule has 0 aromatic carbocycles. The number of hydrogen-bond donors (Lipinski definition) is 0. The summed E-state index contributed by atoms with van der Waals surface area (Å²) in [6, 6.07) is 7.18. The number of nitriles is 2. The van der Waals surface area contributed by atoms with Gasteiger partial charge >= 0.3 is 0 Å². The van der Waals surface area contributed by atoms with Crippen molar-refractivity contribution in [2.24, 2.45) is 0 Å². The number of amides is 1. The van der Waals surface area contributed by atoms with Gasteiger partial charge in [0.25, 0.3) is 0 Å². The maximum Gasteiger partial charge on any atom is 0.248 e. The van der Waals surface area contributed by atoms with Crippen molar-refractivity contribution in [2.45, 2.75) is 6.92 Å². The summed E-state index contributed by atoms with van der Waals surface area (Å²) in [6.07, 6.45) is 2.80. The molecule has 0 aliphatic rings. The van der Waals surface area contributed by atoms with E-state index in [9.17, 15) is 4.79 Å². The van der Waals surface area contributed by atoms with E-state index in [4.69, 9.17) is 14.9 Å². The molecule has 5 nitrogen and oxygen atoms in total. The predicted octanol–water partition coefficient (Wildman–Crippen LogP) is 1.48. The first-order valence-corrected chi connectivity index (χ1v) is 4.94. The van der Waals surface area contributed by atoms with Gasteiger partial charge in [0.1, 0.15) is 24.6 Å². The van der Waals surface area contributed by atoms with Crippen molar-refractivity contribution in [1.29, 1.82) is 10.5 Å². The fourth-order valence-electron chi connectivity index (χ4n) is 1.18. The van der Waals surface area contributed by atoms with Crippen LogP contribution in [-0.2, 0) is 4.79 Å². The molecule has 0 atom stereocenters. The highest BCUT2D eigenvalue weighted by Crippen LogP contribution is 2.08. The minimum absolute atomic E-state index is 0.103. The summed E-state index contributed by atoms with van der Waals surface area (Å²) in [5.41, 5.74) is 0. The molecule has 0 bridgehead atoms. The van der Waals surface area contributed by atoms with Gasteiger partial charge in [0.15, 0.2) is 0 Å². The van der Waals surface area contributed by atoms with Gasteiger partial charge in [0.05, 0.1) is 12.1 Å². The van der Waals surface area contributed by atoms with E-state index in [2.05, 4.69) is 0 Å². The van der Waals surface area contributed by atoms with E-state index in [0.29, 0.717) is 5.76 Å². The maximum atomic E-state index is 11.6. The van der Waals surface area contributed by atoms with E-state index in [-0.39, 0.29) is 19.0 Å². The number of aryl methyl sites for hydroxylation is 1. The second kappa shape index (κ2) is 6.14. The summed E-state index contributed by atoms with van der Waals surface area (Å²) < 4.78 is 5.25. The van der Waals surface area contributed by atoms with Crippen LogP contribution in [0.25, 0.3) is 6.08 Å². The van der Waals surface area contributed by atoms with E-state index in [1.165, 1.54) is 12.2 Å². The van der Waals surface area contributed by atoms with E-state index in [1.807, 2.05) is 12.1 Å². The standard InChI is InChI=1S/C12H11N3O2/c1-10-2-3-11(17-10)4-5-12(16)15(8-6-13)9-7-14/h2-5H,8-9H2,1H3/b5-4+. The first-order valence-electron chi connectivity index (χ1n) is 4.94. The molecule has 86 valence electrons. The minimum atomic E-state index is -0.387. The molecule has 1 aromatic rings. The highest BCUT2D eigenvalue weighted by molar-refractivity contribution is 5.91. The zero-order valence-electron chi connectivity index (χ0n) is 9.38. The van der Waals surface area contributed by atoms with Crippen molar-refractivity contribution in [3.05, 3.63) is 29.7 Å². The number of furan rings is 1. The first kappa shape index (κ1) is 12.5. The van der Waals surface area contributed by atoms with Crippen molar-refractivity contribution < 1.29 is 9.21 Å². The fraction of sp³-hybridized carbons (Fsp3) is 0.250. The van der Waals surface area contributed by atoms with Gasteiger partial charge in [-0.15, -0.1) is 0 Å². The minimum Gasteiger partial charge on any atom is -0.462 e. The third-order valence-corrected chi connectivity index (χ3v) is 1.99. The van der Waals surface area contributed by atoms with Crippen molar-refractivity contribution in [3.8, 4) is 12.1 Å². The van der Waals surface area contributed by atoms with Crippen LogP contribution in [0, 0.1) is 29.6 Å². The lowest BCUT2D eigenvalue weighted by molar-refractivity contribution is -0.124. The lowest BCUT2D eigenvalue weighted by atomic mass is 10.3. The van der Waals surface area contributed by atoms with Crippen LogP contribution in [0.15, 0.2) is 22.6 Å². The summed E-state index contributed by atoms with van der Waals surface area (Å²) in [5, 5.41) is 17.0. The zero-order chi connectivity index (χ0) is 12.7. The summed E-state index contributed by atoms with van der Waals surface area (Å²) in [6.45, 7) is 1.60. The highest BCUT2D eigenvalue weighted by atomic mass is 16.3. The Balaban J connectivity index is 2.67. The second-order valence-corrected chi connectivity index (χ2v) is 3.29. The van der Waals surface area contributed by atoms with Crippen LogP contribution in [0.1, 0.15) is 11.5 Å². The third-order valence-electron chi connectivity index (χ3n) is 1.99. The Hall–Kier alpha value is -2.53. The van der Waals surface area contributed by atoms with Gasteiger partial charge in [-0.25, -0.2) is 0 Å². The number of nitrogens with zero attached hydrogens (tertiary/aromatic N) is 3. The Morgan fingerprint density at radius 3 is 2.53 bits per heavy atom. The van der Waals surface area contributed by atoms with E-state index in [0.717, 1.165) is 10.7 Å². The molecular formula is C12H11N3O2. The molecule has 0 aliphatic carbocycles. The molecule has 1 rings (SSSR count). The smallest absolute Gasteiger partial charge is 0.248 e. The monoisotopic (exact) mass is 229 g/mol. The Morgan fingerprint density at radius 1 is 1.41 bits per heavy atom. The normalized spacial score (nSPS) is 9.82. The van der Waals surface area contributed by atoms with Crippen LogP contribution < -0.4 is 0 Å². The van der Waals surface area contributed by atoms with Crippen LogP contribution in [0.2, 0.25) is 0 Å². The lowest BCUT2D eigenvalue weighted by Crippen LogP contribution is -2.30. The Bertz CT molecular complexity index is 487. The molecule has 0 radical (unpaired) electrons. The number of rotatable bonds is 4. The zero-order valence-corrected chi connectivity index (χ0v) is 9.38. The number of carbonyl (C=O) groups is 1. The molecule has 0 aliphatic heterocycles. The topological polar surface area (TPSA) is 81.0 Å². The molecule has 1 aromatic heterocycles. The summed E-state index contributed by atoms with van der Waals surface area (Å²) in [5.74, 6) is 0.926. The number of carbonyl (C=O) groups excluding carboxylic acids is 1. The van der Waals surface area contributed by atoms with Gasteiger partial charge < -0.3 is 9.32 Å². The van der Waals surface area contributed by atoms with Crippen LogP contribution in [0.4, 0.5) is 0 Å². The van der Waals surface area contributed by atoms with Crippen LogP contribution in [0.5, 0.6) is 0 Å². The molecule has 1 heterocycles. The average Bonchev–Trinajstić information content (AvgIpc) is 2.72. The van der Waals surface area contributed by atoms with Crippen LogP contribution >= 0.6 is 0 Å². The van der Waals surface area contributed by atoms with Gasteiger partial charge in [-0.05, 0) is 25.1 Å². The predicted molar refractivity (Wildman–Crippen MR) is 60.3 cm³/mol. The Labute approximate surface area is 99.2 Å². The third kappa shape index (κ3) is 3.84. The molecule has 5 heteroatoms. The van der Waals surface area contributed by atoms with Crippen molar-refractivity contribution in [2.75, 3.05) is 13.1 Å². The van der Waals surface area contributed by atoms with Crippen LogP contribution in [-0.4, -0.2) is 23.9 Å². The Kier molecular flexibility index (Phi) is 4.53. The molecule has 17 heavy (non-hydrogen) atoms.